The highest BCUT2D eigenvalue weighted by Gasteiger charge is 2.15. The molecule has 96 valence electrons. The molecule has 0 atom stereocenters. The van der Waals surface area contributed by atoms with E-state index in [0.29, 0.717) is 30.0 Å². The Hall–Kier alpha value is -2.24. The number of nitrogens with two attached hydrogens (primary N) is 1. The van der Waals surface area contributed by atoms with Crippen molar-refractivity contribution in [3.8, 4) is 11.5 Å². The van der Waals surface area contributed by atoms with Gasteiger partial charge in [0.25, 0.3) is 5.91 Å². The molecule has 0 spiro atoms. The van der Waals surface area contributed by atoms with Crippen LogP contribution in [0.15, 0.2) is 18.2 Å². The molecule has 2 rings (SSSR count). The van der Waals surface area contributed by atoms with Crippen molar-refractivity contribution < 1.29 is 19.1 Å². The highest BCUT2D eigenvalue weighted by Crippen LogP contribution is 2.32. The van der Waals surface area contributed by atoms with Crippen molar-refractivity contribution in [2.24, 2.45) is 5.73 Å². The van der Waals surface area contributed by atoms with Gasteiger partial charge in [0.2, 0.25) is 12.7 Å². The van der Waals surface area contributed by atoms with Crippen molar-refractivity contribution in [2.45, 2.75) is 12.8 Å². The standard InChI is InChI=1S/C12H14N2O4/c13-11(15)2-1-5-14-12(16)8-3-4-9-10(6-8)18-7-17-9/h3-4,6H,1-2,5,7H2,(H2,13,15)(H,14,16). The summed E-state index contributed by atoms with van der Waals surface area (Å²) in [5.41, 5.74) is 5.50. The first-order valence-corrected chi connectivity index (χ1v) is 5.63. The maximum atomic E-state index is 11.8. The molecule has 1 aromatic carbocycles. The molecular weight excluding hydrogens is 236 g/mol. The number of hydrogen-bond acceptors (Lipinski definition) is 4. The second-order valence-corrected chi connectivity index (χ2v) is 3.89. The molecule has 1 aliphatic rings. The van der Waals surface area contributed by atoms with Crippen LogP contribution in [0.3, 0.4) is 0 Å². The largest absolute Gasteiger partial charge is 0.454 e. The number of hydrogen-bond donors (Lipinski definition) is 2. The van der Waals surface area contributed by atoms with Crippen molar-refractivity contribution in [3.05, 3.63) is 23.8 Å². The minimum atomic E-state index is -0.368. The van der Waals surface area contributed by atoms with Gasteiger partial charge >= 0.3 is 0 Å². The third kappa shape index (κ3) is 2.91. The zero-order valence-electron chi connectivity index (χ0n) is 9.77. The van der Waals surface area contributed by atoms with Crippen molar-refractivity contribution in [1.82, 2.24) is 5.32 Å². The van der Waals surface area contributed by atoms with E-state index in [1.165, 1.54) is 0 Å². The van der Waals surface area contributed by atoms with Gasteiger partial charge in [-0.05, 0) is 24.6 Å². The van der Waals surface area contributed by atoms with Gasteiger partial charge in [-0.2, -0.15) is 0 Å². The Morgan fingerprint density at radius 3 is 2.83 bits per heavy atom. The van der Waals surface area contributed by atoms with Crippen molar-refractivity contribution in [3.63, 3.8) is 0 Å². The highest BCUT2D eigenvalue weighted by molar-refractivity contribution is 5.94. The van der Waals surface area contributed by atoms with Crippen molar-refractivity contribution in [1.29, 1.82) is 0 Å². The minimum Gasteiger partial charge on any atom is -0.454 e. The van der Waals surface area contributed by atoms with Crippen LogP contribution in [-0.2, 0) is 4.79 Å². The lowest BCUT2D eigenvalue weighted by atomic mass is 10.2. The zero-order valence-corrected chi connectivity index (χ0v) is 9.77. The lowest BCUT2D eigenvalue weighted by Crippen LogP contribution is -2.25. The topological polar surface area (TPSA) is 90.7 Å². The van der Waals surface area contributed by atoms with Crippen molar-refractivity contribution in [2.75, 3.05) is 13.3 Å². The maximum absolute atomic E-state index is 11.8. The van der Waals surface area contributed by atoms with Gasteiger partial charge in [0.15, 0.2) is 11.5 Å². The smallest absolute Gasteiger partial charge is 0.251 e. The number of amides is 2. The summed E-state index contributed by atoms with van der Waals surface area (Å²) >= 11 is 0. The molecule has 3 N–H and O–H groups in total. The fraction of sp³-hybridized carbons (Fsp3) is 0.333. The molecule has 0 unspecified atom stereocenters. The Labute approximate surface area is 104 Å². The average molecular weight is 250 g/mol. The molecule has 6 nitrogen and oxygen atoms in total. The fourth-order valence-electron chi connectivity index (χ4n) is 1.60. The Morgan fingerprint density at radius 2 is 2.06 bits per heavy atom. The Balaban J connectivity index is 1.87. The van der Waals surface area contributed by atoms with Crippen LogP contribution in [0.5, 0.6) is 11.5 Å². The molecule has 1 aliphatic heterocycles. The first-order valence-electron chi connectivity index (χ1n) is 5.63. The molecule has 0 aromatic heterocycles. The van der Waals surface area contributed by atoms with Gasteiger partial charge in [-0.15, -0.1) is 0 Å². The van der Waals surface area contributed by atoms with E-state index in [2.05, 4.69) is 5.32 Å². The average Bonchev–Trinajstić information content (AvgIpc) is 2.81. The molecule has 6 heteroatoms. The van der Waals surface area contributed by atoms with E-state index in [1.54, 1.807) is 18.2 Å². The molecule has 0 bridgehead atoms. The fourth-order valence-corrected chi connectivity index (χ4v) is 1.60. The van der Waals surface area contributed by atoms with E-state index < -0.39 is 0 Å². The van der Waals surface area contributed by atoms with Gasteiger partial charge in [0.1, 0.15) is 0 Å². The first-order chi connectivity index (χ1) is 8.66. The van der Waals surface area contributed by atoms with Gasteiger partial charge in [-0.25, -0.2) is 0 Å². The number of primary amides is 1. The van der Waals surface area contributed by atoms with E-state index in [9.17, 15) is 9.59 Å². The first kappa shape index (κ1) is 12.2. The summed E-state index contributed by atoms with van der Waals surface area (Å²) in [6.07, 6.45) is 0.799. The second-order valence-electron chi connectivity index (χ2n) is 3.89. The zero-order chi connectivity index (χ0) is 13.0. The molecular formula is C12H14N2O4. The van der Waals surface area contributed by atoms with Crippen LogP contribution in [0.2, 0.25) is 0 Å². The van der Waals surface area contributed by atoms with E-state index in [-0.39, 0.29) is 25.0 Å². The molecule has 0 fully saturated rings. The van der Waals surface area contributed by atoms with Crippen LogP contribution in [-0.4, -0.2) is 25.2 Å². The van der Waals surface area contributed by atoms with E-state index in [4.69, 9.17) is 15.2 Å². The molecule has 0 saturated heterocycles. The summed E-state index contributed by atoms with van der Waals surface area (Å²) in [6, 6.07) is 4.99. The lowest BCUT2D eigenvalue weighted by Gasteiger charge is -2.05. The third-order valence-corrected chi connectivity index (χ3v) is 2.52. The number of carbonyl (C=O) groups excluding carboxylic acids is 2. The lowest BCUT2D eigenvalue weighted by molar-refractivity contribution is -0.118. The van der Waals surface area contributed by atoms with Crippen LogP contribution >= 0.6 is 0 Å². The SMILES string of the molecule is NC(=O)CCCNC(=O)c1ccc2c(c1)OCO2. The summed E-state index contributed by atoms with van der Waals surface area (Å²) < 4.78 is 10.3. The normalized spacial score (nSPS) is 12.2. The summed E-state index contributed by atoms with van der Waals surface area (Å²) in [5.74, 6) is 0.630. The number of nitrogens with one attached hydrogen (secondary N) is 1. The number of benzene rings is 1. The third-order valence-electron chi connectivity index (χ3n) is 2.52. The van der Waals surface area contributed by atoms with Crippen LogP contribution in [0.4, 0.5) is 0 Å². The molecule has 18 heavy (non-hydrogen) atoms. The molecule has 1 heterocycles. The van der Waals surface area contributed by atoms with Crippen LogP contribution < -0.4 is 20.5 Å². The molecule has 0 radical (unpaired) electrons. The van der Waals surface area contributed by atoms with Crippen molar-refractivity contribution >= 4 is 11.8 Å². The maximum Gasteiger partial charge on any atom is 0.251 e. The van der Waals surface area contributed by atoms with E-state index in [1.807, 2.05) is 0 Å². The summed E-state index contributed by atoms with van der Waals surface area (Å²) in [6.45, 7) is 0.592. The van der Waals surface area contributed by atoms with Gasteiger partial charge < -0.3 is 20.5 Å². The summed E-state index contributed by atoms with van der Waals surface area (Å²) in [4.78, 5) is 22.3. The van der Waals surface area contributed by atoms with Gasteiger partial charge in [0.05, 0.1) is 0 Å². The number of fused-ring (bicyclic) bond motifs is 1. The van der Waals surface area contributed by atoms with E-state index in [0.717, 1.165) is 0 Å². The van der Waals surface area contributed by atoms with Crippen LogP contribution in [0.1, 0.15) is 23.2 Å². The summed E-state index contributed by atoms with van der Waals surface area (Å²) in [7, 11) is 0. The van der Waals surface area contributed by atoms with Crippen LogP contribution in [0.25, 0.3) is 0 Å². The number of rotatable bonds is 5. The monoisotopic (exact) mass is 250 g/mol. The Bertz CT molecular complexity index is 473. The second kappa shape index (κ2) is 5.39. The number of carbonyl (C=O) groups is 2. The van der Waals surface area contributed by atoms with Gasteiger partial charge in [0, 0.05) is 18.5 Å². The highest BCUT2D eigenvalue weighted by atomic mass is 16.7. The Kier molecular flexibility index (Phi) is 3.66. The van der Waals surface area contributed by atoms with Crippen LogP contribution in [0, 0.1) is 0 Å². The predicted molar refractivity (Wildman–Crippen MR) is 63.3 cm³/mol. The summed E-state index contributed by atoms with van der Waals surface area (Å²) in [5, 5.41) is 2.70. The quantitative estimate of drug-likeness (QED) is 0.740. The predicted octanol–water partition coefficient (Wildman–Crippen LogP) is 0.411. The minimum absolute atomic E-state index is 0.180. The van der Waals surface area contributed by atoms with E-state index >= 15 is 0 Å². The van der Waals surface area contributed by atoms with Gasteiger partial charge in [-0.3, -0.25) is 9.59 Å². The van der Waals surface area contributed by atoms with Gasteiger partial charge in [-0.1, -0.05) is 0 Å². The molecule has 2 amide bonds. The molecule has 1 aromatic rings. The molecule has 0 saturated carbocycles. The number of ether oxygens (including phenoxy) is 2. The Morgan fingerprint density at radius 1 is 1.28 bits per heavy atom. The molecule has 0 aliphatic carbocycles.